The lowest BCUT2D eigenvalue weighted by Crippen LogP contribution is -2.49. The van der Waals surface area contributed by atoms with E-state index >= 15 is 0 Å². The summed E-state index contributed by atoms with van der Waals surface area (Å²) >= 11 is 0. The lowest BCUT2D eigenvalue weighted by Gasteiger charge is -2.35. The van der Waals surface area contributed by atoms with E-state index in [4.69, 9.17) is 9.84 Å². The number of methoxy groups -OCH3 is 1. The van der Waals surface area contributed by atoms with Crippen LogP contribution in [0.3, 0.4) is 0 Å². The number of amides is 1. The van der Waals surface area contributed by atoms with Gasteiger partial charge in [0, 0.05) is 37.3 Å². The molecule has 8 nitrogen and oxygen atoms in total. The Hall–Kier alpha value is -3.94. The van der Waals surface area contributed by atoms with Gasteiger partial charge in [-0.2, -0.15) is 4.52 Å². The standard InChI is InChI=1S/C23H22N6O2/c1-31-19-9-5-8-18(16-19)23(30)28-14-12-27(13-15-28)21-11-10-20-24-25-22(29(20)26-21)17-6-3-2-4-7-17/h2-11,16H,12-15H2,1H3. The largest absolute Gasteiger partial charge is 0.497 e. The molecule has 1 amide bonds. The minimum Gasteiger partial charge on any atom is -0.497 e. The van der Waals surface area contributed by atoms with Gasteiger partial charge in [-0.05, 0) is 30.3 Å². The number of fused-ring (bicyclic) bond motifs is 1. The summed E-state index contributed by atoms with van der Waals surface area (Å²) in [6, 6.07) is 21.1. The van der Waals surface area contributed by atoms with Gasteiger partial charge >= 0.3 is 0 Å². The maximum absolute atomic E-state index is 12.9. The highest BCUT2D eigenvalue weighted by Gasteiger charge is 2.24. The molecule has 0 aliphatic carbocycles. The molecule has 31 heavy (non-hydrogen) atoms. The van der Waals surface area contributed by atoms with Gasteiger partial charge in [0.15, 0.2) is 11.5 Å². The third-order valence-electron chi connectivity index (χ3n) is 5.49. The first kappa shape index (κ1) is 19.0. The van der Waals surface area contributed by atoms with Crippen molar-refractivity contribution < 1.29 is 9.53 Å². The van der Waals surface area contributed by atoms with E-state index in [1.807, 2.05) is 65.6 Å². The monoisotopic (exact) mass is 414 g/mol. The quantitative estimate of drug-likeness (QED) is 0.511. The van der Waals surface area contributed by atoms with Crippen molar-refractivity contribution in [3.05, 3.63) is 72.3 Å². The minimum absolute atomic E-state index is 0.0205. The second-order valence-corrected chi connectivity index (χ2v) is 7.36. The number of hydrogen-bond donors (Lipinski definition) is 0. The van der Waals surface area contributed by atoms with Crippen LogP contribution in [0, 0.1) is 0 Å². The van der Waals surface area contributed by atoms with E-state index < -0.39 is 0 Å². The highest BCUT2D eigenvalue weighted by Crippen LogP contribution is 2.21. The Balaban J connectivity index is 1.33. The van der Waals surface area contributed by atoms with Gasteiger partial charge in [-0.15, -0.1) is 15.3 Å². The number of hydrogen-bond acceptors (Lipinski definition) is 6. The fourth-order valence-corrected chi connectivity index (χ4v) is 3.79. The fourth-order valence-electron chi connectivity index (χ4n) is 3.79. The van der Waals surface area contributed by atoms with Gasteiger partial charge in [-0.25, -0.2) is 0 Å². The number of nitrogens with zero attached hydrogens (tertiary/aromatic N) is 6. The van der Waals surface area contributed by atoms with E-state index in [9.17, 15) is 4.79 Å². The van der Waals surface area contributed by atoms with Crippen LogP contribution in [-0.4, -0.2) is 63.9 Å². The minimum atomic E-state index is 0.0205. The molecule has 0 unspecified atom stereocenters. The molecule has 4 aromatic rings. The Morgan fingerprint density at radius 2 is 1.71 bits per heavy atom. The fraction of sp³-hybridized carbons (Fsp3) is 0.217. The van der Waals surface area contributed by atoms with Gasteiger partial charge in [0.1, 0.15) is 11.6 Å². The first-order chi connectivity index (χ1) is 15.2. The van der Waals surface area contributed by atoms with Crippen LogP contribution in [0.5, 0.6) is 5.75 Å². The molecule has 0 saturated carbocycles. The number of rotatable bonds is 4. The molecule has 3 heterocycles. The van der Waals surface area contributed by atoms with Gasteiger partial charge in [0.05, 0.1) is 7.11 Å². The van der Waals surface area contributed by atoms with Gasteiger partial charge in [0.25, 0.3) is 5.91 Å². The van der Waals surface area contributed by atoms with Crippen LogP contribution in [0.15, 0.2) is 66.7 Å². The molecule has 0 atom stereocenters. The summed E-state index contributed by atoms with van der Waals surface area (Å²) in [7, 11) is 1.60. The second-order valence-electron chi connectivity index (χ2n) is 7.36. The zero-order valence-corrected chi connectivity index (χ0v) is 17.2. The Bertz CT molecular complexity index is 1220. The van der Waals surface area contributed by atoms with Crippen LogP contribution in [0.4, 0.5) is 5.82 Å². The van der Waals surface area contributed by atoms with Gasteiger partial charge in [-0.1, -0.05) is 36.4 Å². The molecule has 0 spiro atoms. The zero-order valence-electron chi connectivity index (χ0n) is 17.2. The number of ether oxygens (including phenoxy) is 1. The van der Waals surface area contributed by atoms with E-state index in [0.717, 1.165) is 11.4 Å². The van der Waals surface area contributed by atoms with Crippen molar-refractivity contribution in [3.63, 3.8) is 0 Å². The van der Waals surface area contributed by atoms with E-state index in [1.54, 1.807) is 17.7 Å². The average Bonchev–Trinajstić information content (AvgIpc) is 3.27. The topological polar surface area (TPSA) is 75.9 Å². The van der Waals surface area contributed by atoms with Crippen LogP contribution in [0.2, 0.25) is 0 Å². The third-order valence-corrected chi connectivity index (χ3v) is 5.49. The highest BCUT2D eigenvalue weighted by molar-refractivity contribution is 5.94. The number of benzene rings is 2. The summed E-state index contributed by atoms with van der Waals surface area (Å²) < 4.78 is 7.01. The molecule has 8 heteroatoms. The smallest absolute Gasteiger partial charge is 0.254 e. The van der Waals surface area contributed by atoms with Crippen molar-refractivity contribution in [1.82, 2.24) is 24.7 Å². The molecule has 0 N–H and O–H groups in total. The number of aromatic nitrogens is 4. The van der Waals surface area contributed by atoms with E-state index in [1.165, 1.54) is 0 Å². The predicted octanol–water partition coefficient (Wildman–Crippen LogP) is 2.76. The highest BCUT2D eigenvalue weighted by atomic mass is 16.5. The van der Waals surface area contributed by atoms with Crippen molar-refractivity contribution >= 4 is 17.4 Å². The Morgan fingerprint density at radius 3 is 2.48 bits per heavy atom. The average molecular weight is 414 g/mol. The Labute approximate surface area is 179 Å². The zero-order chi connectivity index (χ0) is 21.2. The van der Waals surface area contributed by atoms with E-state index in [2.05, 4.69) is 15.1 Å². The van der Waals surface area contributed by atoms with Crippen molar-refractivity contribution in [2.75, 3.05) is 38.2 Å². The summed E-state index contributed by atoms with van der Waals surface area (Å²) in [5, 5.41) is 13.3. The Kier molecular flexibility index (Phi) is 4.95. The summed E-state index contributed by atoms with van der Waals surface area (Å²) in [4.78, 5) is 16.9. The van der Waals surface area contributed by atoms with Crippen molar-refractivity contribution in [2.24, 2.45) is 0 Å². The lowest BCUT2D eigenvalue weighted by molar-refractivity contribution is 0.0746. The first-order valence-electron chi connectivity index (χ1n) is 10.2. The van der Waals surface area contributed by atoms with Crippen molar-refractivity contribution in [2.45, 2.75) is 0 Å². The molecule has 2 aromatic carbocycles. The molecule has 0 radical (unpaired) electrons. The molecule has 0 bridgehead atoms. The molecule has 1 saturated heterocycles. The van der Waals surface area contributed by atoms with E-state index in [0.29, 0.717) is 49.0 Å². The number of anilines is 1. The first-order valence-corrected chi connectivity index (χ1v) is 10.2. The predicted molar refractivity (Wildman–Crippen MR) is 117 cm³/mol. The Morgan fingerprint density at radius 1 is 0.903 bits per heavy atom. The van der Waals surface area contributed by atoms with Crippen LogP contribution in [-0.2, 0) is 0 Å². The van der Waals surface area contributed by atoms with Gasteiger partial charge < -0.3 is 14.5 Å². The number of carbonyl (C=O) groups excluding carboxylic acids is 1. The summed E-state index contributed by atoms with van der Waals surface area (Å²) in [5.41, 5.74) is 2.31. The SMILES string of the molecule is COc1cccc(C(=O)N2CCN(c3ccc4nnc(-c5ccccc5)n4n3)CC2)c1. The van der Waals surface area contributed by atoms with Crippen LogP contribution >= 0.6 is 0 Å². The van der Waals surface area contributed by atoms with E-state index in [-0.39, 0.29) is 5.91 Å². The molecular weight excluding hydrogens is 392 g/mol. The van der Waals surface area contributed by atoms with Crippen LogP contribution < -0.4 is 9.64 Å². The van der Waals surface area contributed by atoms with Gasteiger partial charge in [0.2, 0.25) is 0 Å². The molecular formula is C23H22N6O2. The molecule has 1 fully saturated rings. The summed E-state index contributed by atoms with van der Waals surface area (Å²) in [6.45, 7) is 2.67. The normalized spacial score (nSPS) is 14.1. The molecule has 5 rings (SSSR count). The maximum Gasteiger partial charge on any atom is 0.254 e. The third kappa shape index (κ3) is 3.68. The molecule has 2 aromatic heterocycles. The molecule has 156 valence electrons. The summed E-state index contributed by atoms with van der Waals surface area (Å²) in [6.07, 6.45) is 0. The lowest BCUT2D eigenvalue weighted by atomic mass is 10.1. The summed E-state index contributed by atoms with van der Waals surface area (Å²) in [5.74, 6) is 2.26. The van der Waals surface area contributed by atoms with Crippen LogP contribution in [0.1, 0.15) is 10.4 Å². The maximum atomic E-state index is 12.9. The molecule has 1 aliphatic heterocycles. The van der Waals surface area contributed by atoms with Gasteiger partial charge in [-0.3, -0.25) is 4.79 Å². The van der Waals surface area contributed by atoms with Crippen molar-refractivity contribution in [3.8, 4) is 17.1 Å². The van der Waals surface area contributed by atoms with Crippen LogP contribution in [0.25, 0.3) is 17.0 Å². The second kappa shape index (κ2) is 8.06. The molecule has 1 aliphatic rings. The number of carbonyl (C=O) groups is 1. The number of piperazine rings is 1. The van der Waals surface area contributed by atoms with Crippen molar-refractivity contribution in [1.29, 1.82) is 0 Å².